The number of nitrogens with zero attached hydrogens (tertiary/aromatic N) is 2. The summed E-state index contributed by atoms with van der Waals surface area (Å²) in [6.45, 7) is 1.80. The third kappa shape index (κ3) is 5.56. The van der Waals surface area contributed by atoms with Crippen molar-refractivity contribution in [3.05, 3.63) is 56.3 Å². The second-order valence-electron chi connectivity index (χ2n) is 6.25. The van der Waals surface area contributed by atoms with E-state index < -0.39 is 12.6 Å². The number of amidine groups is 1. The molecule has 1 aliphatic rings. The van der Waals surface area contributed by atoms with E-state index in [1.165, 1.54) is 31.0 Å². The molecule has 0 saturated carbocycles. The number of carboxylic acid groups (broad SMARTS) is 1. The van der Waals surface area contributed by atoms with Crippen molar-refractivity contribution in [2.24, 2.45) is 4.99 Å². The minimum atomic E-state index is -1.09. The molecule has 0 aliphatic carbocycles. The van der Waals surface area contributed by atoms with Gasteiger partial charge in [-0.2, -0.15) is 0 Å². The first-order chi connectivity index (χ1) is 14.8. The van der Waals surface area contributed by atoms with Crippen molar-refractivity contribution in [3.8, 4) is 11.5 Å². The molecule has 3 rings (SSSR count). The maximum absolute atomic E-state index is 13.1. The SMILES string of the molecule is CCN1C(=O)/C(=C\c2cc(I)c(OCC(=O)O)c(OC)c2)SC1=Nc1ccc(F)cc1. The van der Waals surface area contributed by atoms with Gasteiger partial charge in [-0.1, -0.05) is 0 Å². The Hall–Kier alpha value is -2.60. The molecule has 1 aliphatic heterocycles. The minimum Gasteiger partial charge on any atom is -0.493 e. The molecule has 0 unspecified atom stereocenters. The van der Waals surface area contributed by atoms with E-state index in [2.05, 4.69) is 4.99 Å². The molecule has 1 fully saturated rings. The fourth-order valence-corrected chi connectivity index (χ4v) is 4.59. The molecule has 10 heteroatoms. The zero-order chi connectivity index (χ0) is 22.5. The van der Waals surface area contributed by atoms with Crippen LogP contribution in [-0.4, -0.2) is 47.3 Å². The lowest BCUT2D eigenvalue weighted by atomic mass is 10.2. The van der Waals surface area contributed by atoms with Crippen LogP contribution >= 0.6 is 34.4 Å². The fourth-order valence-electron chi connectivity index (χ4n) is 2.74. The van der Waals surface area contributed by atoms with Crippen LogP contribution in [0.15, 0.2) is 46.3 Å². The lowest BCUT2D eigenvalue weighted by Gasteiger charge is -2.12. The van der Waals surface area contributed by atoms with Crippen LogP contribution in [-0.2, 0) is 9.59 Å². The Morgan fingerprint density at radius 2 is 2.03 bits per heavy atom. The second-order valence-corrected chi connectivity index (χ2v) is 8.42. The number of hydrogen-bond donors (Lipinski definition) is 1. The Kier molecular flexibility index (Phi) is 7.55. The number of carbonyl (C=O) groups excluding carboxylic acids is 1. The highest BCUT2D eigenvalue weighted by molar-refractivity contribution is 14.1. The van der Waals surface area contributed by atoms with E-state index in [1.54, 1.807) is 35.2 Å². The topological polar surface area (TPSA) is 88.4 Å². The highest BCUT2D eigenvalue weighted by atomic mass is 127. The number of benzene rings is 2. The van der Waals surface area contributed by atoms with Gasteiger partial charge in [-0.3, -0.25) is 9.69 Å². The van der Waals surface area contributed by atoms with Gasteiger partial charge in [-0.25, -0.2) is 14.2 Å². The average molecular weight is 556 g/mol. The number of hydrogen-bond acceptors (Lipinski definition) is 6. The number of amides is 1. The lowest BCUT2D eigenvalue weighted by molar-refractivity contribution is -0.139. The molecule has 0 radical (unpaired) electrons. The summed E-state index contributed by atoms with van der Waals surface area (Å²) in [7, 11) is 1.46. The van der Waals surface area contributed by atoms with Gasteiger partial charge < -0.3 is 14.6 Å². The first-order valence-electron chi connectivity index (χ1n) is 9.10. The number of likely N-dealkylation sites (N-methyl/N-ethyl adjacent to an activating group) is 1. The number of aliphatic imine (C=N–C) groups is 1. The van der Waals surface area contributed by atoms with Crippen molar-refractivity contribution in [1.29, 1.82) is 0 Å². The summed E-state index contributed by atoms with van der Waals surface area (Å²) in [4.78, 5) is 30.1. The van der Waals surface area contributed by atoms with Crippen molar-refractivity contribution in [2.75, 3.05) is 20.3 Å². The van der Waals surface area contributed by atoms with Gasteiger partial charge in [0.25, 0.3) is 5.91 Å². The molecule has 162 valence electrons. The minimum absolute atomic E-state index is 0.187. The molecule has 0 atom stereocenters. The van der Waals surface area contributed by atoms with Gasteiger partial charge in [-0.05, 0) is 89.3 Å². The van der Waals surface area contributed by atoms with Crippen molar-refractivity contribution in [2.45, 2.75) is 6.92 Å². The van der Waals surface area contributed by atoms with Crippen LogP contribution < -0.4 is 9.47 Å². The van der Waals surface area contributed by atoms with E-state index in [1.807, 2.05) is 29.5 Å². The molecule has 0 aromatic heterocycles. The summed E-state index contributed by atoms with van der Waals surface area (Å²) >= 11 is 3.25. The maximum atomic E-state index is 13.1. The Bertz CT molecular complexity index is 1070. The van der Waals surface area contributed by atoms with Crippen LogP contribution in [0.1, 0.15) is 12.5 Å². The molecule has 1 heterocycles. The molecule has 0 spiro atoms. The van der Waals surface area contributed by atoms with Crippen LogP contribution in [0.4, 0.5) is 10.1 Å². The highest BCUT2D eigenvalue weighted by Crippen LogP contribution is 2.38. The Balaban J connectivity index is 1.92. The summed E-state index contributed by atoms with van der Waals surface area (Å²) < 4.78 is 24.4. The number of carbonyl (C=O) groups is 2. The van der Waals surface area contributed by atoms with Gasteiger partial charge in [0.05, 0.1) is 21.3 Å². The van der Waals surface area contributed by atoms with Crippen LogP contribution in [0.2, 0.25) is 0 Å². The first kappa shape index (κ1) is 23.1. The molecule has 2 aromatic rings. The summed E-state index contributed by atoms with van der Waals surface area (Å²) in [6, 6.07) is 9.17. The molecule has 31 heavy (non-hydrogen) atoms. The molecule has 2 aromatic carbocycles. The molecule has 1 saturated heterocycles. The van der Waals surface area contributed by atoms with Crippen molar-refractivity contribution in [1.82, 2.24) is 4.90 Å². The standard InChI is InChI=1S/C21H18FIN2O5S/c1-3-25-20(28)17(31-21(25)24-14-6-4-13(22)5-7-14)10-12-8-15(23)19(16(9-12)29-2)30-11-18(26)27/h4-10H,3,11H2,1-2H3,(H,26,27)/b17-10+,24-21?. The number of ether oxygens (including phenoxy) is 2. The predicted molar refractivity (Wildman–Crippen MR) is 125 cm³/mol. The average Bonchev–Trinajstić information content (AvgIpc) is 3.02. The van der Waals surface area contributed by atoms with Crippen molar-refractivity contribution in [3.63, 3.8) is 0 Å². The molecule has 0 bridgehead atoms. The number of aliphatic carboxylic acids is 1. The second kappa shape index (κ2) is 10.1. The lowest BCUT2D eigenvalue weighted by Crippen LogP contribution is -2.28. The maximum Gasteiger partial charge on any atom is 0.341 e. The van der Waals surface area contributed by atoms with Gasteiger partial charge in [0.2, 0.25) is 0 Å². The third-order valence-electron chi connectivity index (χ3n) is 4.15. The molecule has 1 amide bonds. The van der Waals surface area contributed by atoms with E-state index in [4.69, 9.17) is 14.6 Å². The Morgan fingerprint density at radius 3 is 2.65 bits per heavy atom. The molecule has 1 N–H and O–H groups in total. The zero-order valence-corrected chi connectivity index (χ0v) is 19.6. The van der Waals surface area contributed by atoms with E-state index in [0.29, 0.717) is 42.9 Å². The van der Waals surface area contributed by atoms with E-state index in [9.17, 15) is 14.0 Å². The fraction of sp³-hybridized carbons (Fsp3) is 0.190. The van der Waals surface area contributed by atoms with Crippen molar-refractivity contribution >= 4 is 63.2 Å². The normalized spacial score (nSPS) is 16.3. The van der Waals surface area contributed by atoms with Crippen molar-refractivity contribution < 1.29 is 28.6 Å². The third-order valence-corrected chi connectivity index (χ3v) is 5.95. The smallest absolute Gasteiger partial charge is 0.341 e. The Morgan fingerprint density at radius 1 is 1.32 bits per heavy atom. The summed E-state index contributed by atoms with van der Waals surface area (Å²) in [5.41, 5.74) is 1.24. The first-order valence-corrected chi connectivity index (χ1v) is 11.0. The van der Waals surface area contributed by atoms with Gasteiger partial charge >= 0.3 is 5.97 Å². The number of halogens is 2. The highest BCUT2D eigenvalue weighted by Gasteiger charge is 2.32. The summed E-state index contributed by atoms with van der Waals surface area (Å²) in [5, 5.41) is 9.35. The number of carboxylic acids is 1. The van der Waals surface area contributed by atoms with Gasteiger partial charge in [0.1, 0.15) is 5.82 Å². The van der Waals surface area contributed by atoms with E-state index in [-0.39, 0.29) is 11.7 Å². The number of thioether (sulfide) groups is 1. The quantitative estimate of drug-likeness (QED) is 0.399. The summed E-state index contributed by atoms with van der Waals surface area (Å²) in [6.07, 6.45) is 1.72. The molecule has 7 nitrogen and oxygen atoms in total. The largest absolute Gasteiger partial charge is 0.493 e. The van der Waals surface area contributed by atoms with Crippen LogP contribution in [0.3, 0.4) is 0 Å². The number of methoxy groups -OCH3 is 1. The van der Waals surface area contributed by atoms with Gasteiger partial charge in [-0.15, -0.1) is 0 Å². The van der Waals surface area contributed by atoms with E-state index in [0.717, 1.165) is 0 Å². The molecular weight excluding hydrogens is 538 g/mol. The molecular formula is C21H18FIN2O5S. The van der Waals surface area contributed by atoms with Gasteiger partial charge in [0.15, 0.2) is 23.3 Å². The predicted octanol–water partition coefficient (Wildman–Crippen LogP) is 4.53. The van der Waals surface area contributed by atoms with Crippen LogP contribution in [0, 0.1) is 9.39 Å². The monoisotopic (exact) mass is 556 g/mol. The Labute approximate surface area is 196 Å². The summed E-state index contributed by atoms with van der Waals surface area (Å²) in [5.74, 6) is -0.945. The van der Waals surface area contributed by atoms with Crippen LogP contribution in [0.5, 0.6) is 11.5 Å². The number of rotatable bonds is 7. The van der Waals surface area contributed by atoms with E-state index >= 15 is 0 Å². The van der Waals surface area contributed by atoms with Gasteiger partial charge in [0, 0.05) is 6.54 Å². The van der Waals surface area contributed by atoms with Crippen LogP contribution in [0.25, 0.3) is 6.08 Å². The zero-order valence-electron chi connectivity index (χ0n) is 16.6.